The van der Waals surface area contributed by atoms with E-state index in [0.717, 1.165) is 18.7 Å². The molecule has 0 saturated heterocycles. The van der Waals surface area contributed by atoms with Crippen LogP contribution in [0, 0.1) is 11.8 Å². The summed E-state index contributed by atoms with van der Waals surface area (Å²) in [7, 11) is 4.05. The Bertz CT molecular complexity index is 433. The van der Waals surface area contributed by atoms with Crippen molar-refractivity contribution in [1.29, 1.82) is 0 Å². The smallest absolute Gasteiger partial charge is 0.0720 e. The first-order valence-electron chi connectivity index (χ1n) is 7.08. The molecule has 0 radical (unpaired) electrons. The van der Waals surface area contributed by atoms with Crippen molar-refractivity contribution in [2.45, 2.75) is 38.4 Å². The second kappa shape index (κ2) is 7.33. The molecule has 2 nitrogen and oxygen atoms in total. The van der Waals surface area contributed by atoms with E-state index in [0.29, 0.717) is 6.10 Å². The number of rotatable bonds is 4. The molecule has 0 aromatic heterocycles. The van der Waals surface area contributed by atoms with Gasteiger partial charge in [-0.15, -0.1) is 0 Å². The summed E-state index contributed by atoms with van der Waals surface area (Å²) in [6.07, 6.45) is 5.60. The van der Waals surface area contributed by atoms with Crippen molar-refractivity contribution < 1.29 is 4.74 Å². The number of hydrogen-bond donors (Lipinski definition) is 0. The molecule has 0 atom stereocenters. The first-order chi connectivity index (χ1) is 9.24. The Labute approximate surface area is 116 Å². The Morgan fingerprint density at radius 1 is 1.16 bits per heavy atom. The van der Waals surface area contributed by atoms with Crippen molar-refractivity contribution in [3.8, 4) is 11.8 Å². The Morgan fingerprint density at radius 2 is 1.84 bits per heavy atom. The van der Waals surface area contributed by atoms with Crippen LogP contribution >= 0.6 is 0 Å². The summed E-state index contributed by atoms with van der Waals surface area (Å²) in [5.41, 5.74) is 2.32. The van der Waals surface area contributed by atoms with Gasteiger partial charge < -0.3 is 4.74 Å². The molecule has 0 unspecified atom stereocenters. The number of nitrogens with zero attached hydrogens (tertiary/aromatic N) is 1. The molecule has 0 bridgehead atoms. The molecule has 1 aromatic carbocycles. The summed E-state index contributed by atoms with van der Waals surface area (Å²) in [6, 6.07) is 8.40. The highest BCUT2D eigenvalue weighted by atomic mass is 16.5. The van der Waals surface area contributed by atoms with Gasteiger partial charge >= 0.3 is 0 Å². The van der Waals surface area contributed by atoms with E-state index in [2.05, 4.69) is 41.0 Å². The topological polar surface area (TPSA) is 12.5 Å². The van der Waals surface area contributed by atoms with Crippen LogP contribution in [-0.4, -0.2) is 31.6 Å². The predicted octanol–water partition coefficient (Wildman–Crippen LogP) is 3.06. The van der Waals surface area contributed by atoms with Crippen LogP contribution in [0.15, 0.2) is 24.3 Å². The SMILES string of the molecule is CN(C)CC#Cc1ccc(COC2CCCC2)cc1. The van der Waals surface area contributed by atoms with Crippen LogP contribution < -0.4 is 0 Å². The number of hydrogen-bond acceptors (Lipinski definition) is 2. The van der Waals surface area contributed by atoms with E-state index in [1.54, 1.807) is 0 Å². The van der Waals surface area contributed by atoms with Gasteiger partial charge in [-0.3, -0.25) is 4.90 Å². The van der Waals surface area contributed by atoms with E-state index >= 15 is 0 Å². The maximum Gasteiger partial charge on any atom is 0.0720 e. The highest BCUT2D eigenvalue weighted by molar-refractivity contribution is 5.36. The fraction of sp³-hybridized carbons (Fsp3) is 0.529. The van der Waals surface area contributed by atoms with Gasteiger partial charge in [0.15, 0.2) is 0 Å². The largest absolute Gasteiger partial charge is 0.374 e. The first kappa shape index (κ1) is 14.1. The van der Waals surface area contributed by atoms with Crippen LogP contribution in [-0.2, 0) is 11.3 Å². The van der Waals surface area contributed by atoms with Crippen LogP contribution in [0.3, 0.4) is 0 Å². The molecule has 0 spiro atoms. The highest BCUT2D eigenvalue weighted by Crippen LogP contribution is 2.22. The molecule has 1 aromatic rings. The molecule has 2 heteroatoms. The van der Waals surface area contributed by atoms with Crippen LogP contribution in [0.2, 0.25) is 0 Å². The van der Waals surface area contributed by atoms with Crippen molar-refractivity contribution in [3.05, 3.63) is 35.4 Å². The third-order valence-electron chi connectivity index (χ3n) is 3.37. The van der Waals surface area contributed by atoms with Crippen LogP contribution in [0.25, 0.3) is 0 Å². The standard InChI is InChI=1S/C17H23NO/c1-18(2)13-5-6-15-9-11-16(12-10-15)14-19-17-7-3-4-8-17/h9-12,17H,3-4,7-8,13-14H2,1-2H3. The zero-order valence-corrected chi connectivity index (χ0v) is 12.0. The minimum absolute atomic E-state index is 0.486. The van der Waals surface area contributed by atoms with E-state index < -0.39 is 0 Å². The van der Waals surface area contributed by atoms with E-state index in [4.69, 9.17) is 4.74 Å². The summed E-state index contributed by atoms with van der Waals surface area (Å²) < 4.78 is 5.90. The minimum atomic E-state index is 0.486. The highest BCUT2D eigenvalue weighted by Gasteiger charge is 2.14. The Hall–Kier alpha value is -1.30. The van der Waals surface area contributed by atoms with E-state index in [-0.39, 0.29) is 0 Å². The summed E-state index contributed by atoms with van der Waals surface area (Å²) in [6.45, 7) is 1.53. The number of benzene rings is 1. The lowest BCUT2D eigenvalue weighted by Crippen LogP contribution is -2.10. The zero-order chi connectivity index (χ0) is 13.5. The molecule has 1 saturated carbocycles. The summed E-state index contributed by atoms with van der Waals surface area (Å²) in [5.74, 6) is 6.31. The maximum atomic E-state index is 5.90. The van der Waals surface area contributed by atoms with Crippen LogP contribution in [0.5, 0.6) is 0 Å². The molecule has 0 N–H and O–H groups in total. The zero-order valence-electron chi connectivity index (χ0n) is 12.0. The molecule has 2 rings (SSSR count). The Morgan fingerprint density at radius 3 is 2.47 bits per heavy atom. The second-order valence-corrected chi connectivity index (χ2v) is 5.45. The molecule has 0 aliphatic heterocycles. The molecule has 102 valence electrons. The van der Waals surface area contributed by atoms with Gasteiger partial charge in [0.25, 0.3) is 0 Å². The van der Waals surface area contributed by atoms with Crippen molar-refractivity contribution >= 4 is 0 Å². The van der Waals surface area contributed by atoms with Crippen molar-refractivity contribution in [1.82, 2.24) is 4.90 Å². The lowest BCUT2D eigenvalue weighted by Gasteiger charge is -2.10. The molecular formula is C17H23NO. The van der Waals surface area contributed by atoms with Crippen LogP contribution in [0.1, 0.15) is 36.8 Å². The lowest BCUT2D eigenvalue weighted by atomic mass is 10.1. The van der Waals surface area contributed by atoms with Gasteiger partial charge in [-0.1, -0.05) is 36.8 Å². The molecule has 1 aliphatic rings. The maximum absolute atomic E-state index is 5.90. The summed E-state index contributed by atoms with van der Waals surface area (Å²) in [4.78, 5) is 2.07. The summed E-state index contributed by atoms with van der Waals surface area (Å²) in [5, 5.41) is 0. The van der Waals surface area contributed by atoms with E-state index in [1.165, 1.54) is 31.2 Å². The fourth-order valence-electron chi connectivity index (χ4n) is 2.25. The molecule has 0 amide bonds. The third-order valence-corrected chi connectivity index (χ3v) is 3.37. The molecule has 0 heterocycles. The fourth-order valence-corrected chi connectivity index (χ4v) is 2.25. The molecule has 1 aliphatic carbocycles. The first-order valence-corrected chi connectivity index (χ1v) is 7.08. The van der Waals surface area contributed by atoms with Crippen molar-refractivity contribution in [2.75, 3.05) is 20.6 Å². The van der Waals surface area contributed by atoms with Gasteiger partial charge in [-0.2, -0.15) is 0 Å². The quantitative estimate of drug-likeness (QED) is 0.769. The van der Waals surface area contributed by atoms with Gasteiger partial charge in [0, 0.05) is 5.56 Å². The van der Waals surface area contributed by atoms with Gasteiger partial charge in [0.2, 0.25) is 0 Å². The van der Waals surface area contributed by atoms with Gasteiger partial charge in [-0.25, -0.2) is 0 Å². The third kappa shape index (κ3) is 5.06. The van der Waals surface area contributed by atoms with E-state index in [9.17, 15) is 0 Å². The minimum Gasteiger partial charge on any atom is -0.374 e. The van der Waals surface area contributed by atoms with Gasteiger partial charge in [0.05, 0.1) is 19.3 Å². The van der Waals surface area contributed by atoms with Gasteiger partial charge in [-0.05, 0) is 44.6 Å². The average molecular weight is 257 g/mol. The monoisotopic (exact) mass is 257 g/mol. The normalized spacial score (nSPS) is 15.5. The molecular weight excluding hydrogens is 234 g/mol. The van der Waals surface area contributed by atoms with Crippen molar-refractivity contribution in [3.63, 3.8) is 0 Å². The average Bonchev–Trinajstić information content (AvgIpc) is 2.90. The summed E-state index contributed by atoms with van der Waals surface area (Å²) >= 11 is 0. The lowest BCUT2D eigenvalue weighted by molar-refractivity contribution is 0.0457. The Balaban J connectivity index is 1.81. The molecule has 19 heavy (non-hydrogen) atoms. The second-order valence-electron chi connectivity index (χ2n) is 5.45. The van der Waals surface area contributed by atoms with E-state index in [1.807, 2.05) is 14.1 Å². The van der Waals surface area contributed by atoms with Gasteiger partial charge in [0.1, 0.15) is 0 Å². The van der Waals surface area contributed by atoms with Crippen molar-refractivity contribution in [2.24, 2.45) is 0 Å². The predicted molar refractivity (Wildman–Crippen MR) is 78.9 cm³/mol. The molecule has 1 fully saturated rings. The van der Waals surface area contributed by atoms with Crippen LogP contribution in [0.4, 0.5) is 0 Å². The Kier molecular flexibility index (Phi) is 5.44. The number of ether oxygens (including phenoxy) is 1.